The Bertz CT molecular complexity index is 1100. The molecule has 1 saturated heterocycles. The summed E-state index contributed by atoms with van der Waals surface area (Å²) in [5.74, 6) is 11.1. The van der Waals surface area contributed by atoms with Crippen molar-refractivity contribution in [2.75, 3.05) is 6.54 Å². The van der Waals surface area contributed by atoms with Gasteiger partial charge in [0, 0.05) is 18.4 Å². The number of carbonyl (C=O) groups excluding carboxylic acids is 1. The molecule has 0 unspecified atom stereocenters. The van der Waals surface area contributed by atoms with Gasteiger partial charge in [0.1, 0.15) is 4.88 Å². The lowest BCUT2D eigenvalue weighted by atomic mass is 9.99. The molecule has 6 heteroatoms. The van der Waals surface area contributed by atoms with Gasteiger partial charge in [0.15, 0.2) is 0 Å². The molecule has 0 aliphatic carbocycles. The fourth-order valence-electron chi connectivity index (χ4n) is 3.28. The number of aromatic carboxylic acids is 1. The van der Waals surface area contributed by atoms with Crippen molar-refractivity contribution in [1.29, 1.82) is 0 Å². The van der Waals surface area contributed by atoms with Crippen LogP contribution in [-0.2, 0) is 4.79 Å². The molecule has 0 bridgehead atoms. The van der Waals surface area contributed by atoms with E-state index in [0.717, 1.165) is 16.9 Å². The standard InChI is InChI=1S/C26H25NO4S/c1-19(7-5-10-20-8-3-2-4-9-20)23(28)15-12-21-13-17-25(29)27(21)18-6-11-22-14-16-24(32-22)26(30)31/h2-4,8-9,12,14-16,19,21,23,28H,7,13,17-18H2,1H3,(H,30,31)/b15-12+/t19-,21-,23+/m0/s1. The van der Waals surface area contributed by atoms with Crippen LogP contribution in [0.5, 0.6) is 0 Å². The third-order valence-corrected chi connectivity index (χ3v) is 6.19. The molecule has 1 fully saturated rings. The second-order valence-corrected chi connectivity index (χ2v) is 8.71. The predicted molar refractivity (Wildman–Crippen MR) is 125 cm³/mol. The summed E-state index contributed by atoms with van der Waals surface area (Å²) in [7, 11) is 0. The van der Waals surface area contributed by atoms with Gasteiger partial charge in [-0.3, -0.25) is 4.79 Å². The summed E-state index contributed by atoms with van der Waals surface area (Å²) >= 11 is 1.11. The monoisotopic (exact) mass is 447 g/mol. The van der Waals surface area contributed by atoms with Crippen LogP contribution < -0.4 is 0 Å². The molecule has 0 radical (unpaired) electrons. The summed E-state index contributed by atoms with van der Waals surface area (Å²) in [6.45, 7) is 2.21. The van der Waals surface area contributed by atoms with Gasteiger partial charge < -0.3 is 15.1 Å². The number of thiophene rings is 1. The Balaban J connectivity index is 1.54. The number of benzene rings is 1. The molecule has 2 aromatic rings. The van der Waals surface area contributed by atoms with Crippen molar-refractivity contribution in [3.63, 3.8) is 0 Å². The molecular weight excluding hydrogens is 422 g/mol. The van der Waals surface area contributed by atoms with Gasteiger partial charge in [-0.15, -0.1) is 11.3 Å². The van der Waals surface area contributed by atoms with E-state index in [4.69, 9.17) is 5.11 Å². The Morgan fingerprint density at radius 1 is 1.22 bits per heavy atom. The van der Waals surface area contributed by atoms with Crippen molar-refractivity contribution in [2.45, 2.75) is 38.3 Å². The third kappa shape index (κ3) is 6.59. The van der Waals surface area contributed by atoms with Gasteiger partial charge >= 0.3 is 5.97 Å². The van der Waals surface area contributed by atoms with Crippen LogP contribution in [0.4, 0.5) is 0 Å². The summed E-state index contributed by atoms with van der Waals surface area (Å²) in [5.41, 5.74) is 0.952. The minimum Gasteiger partial charge on any atom is -0.477 e. The molecular formula is C26H25NO4S. The van der Waals surface area contributed by atoms with Crippen LogP contribution in [-0.4, -0.2) is 45.7 Å². The lowest BCUT2D eigenvalue weighted by Gasteiger charge is -2.20. The number of hydrogen-bond acceptors (Lipinski definition) is 4. The molecule has 1 aliphatic rings. The van der Waals surface area contributed by atoms with Crippen molar-refractivity contribution in [3.8, 4) is 23.7 Å². The van der Waals surface area contributed by atoms with Crippen molar-refractivity contribution < 1.29 is 19.8 Å². The number of nitrogens with zero attached hydrogens (tertiary/aromatic N) is 1. The zero-order valence-electron chi connectivity index (χ0n) is 17.8. The largest absolute Gasteiger partial charge is 0.477 e. The van der Waals surface area contributed by atoms with Gasteiger partial charge in [0.25, 0.3) is 0 Å². The van der Waals surface area contributed by atoms with Crippen LogP contribution in [0, 0.1) is 29.6 Å². The minimum absolute atomic E-state index is 0.0302. The van der Waals surface area contributed by atoms with E-state index in [9.17, 15) is 14.7 Å². The van der Waals surface area contributed by atoms with E-state index in [1.54, 1.807) is 17.0 Å². The summed E-state index contributed by atoms with van der Waals surface area (Å²) in [5, 5.41) is 19.4. The fraction of sp³-hybridized carbons (Fsp3) is 0.308. The Labute approximate surface area is 192 Å². The normalized spacial score (nSPS) is 17.4. The summed E-state index contributed by atoms with van der Waals surface area (Å²) < 4.78 is 0. The molecule has 1 aromatic heterocycles. The molecule has 3 rings (SSSR count). The molecule has 1 aliphatic heterocycles. The topological polar surface area (TPSA) is 77.8 Å². The Morgan fingerprint density at radius 3 is 2.72 bits per heavy atom. The van der Waals surface area contributed by atoms with E-state index in [1.165, 1.54) is 6.07 Å². The molecule has 1 aromatic carbocycles. The highest BCUT2D eigenvalue weighted by Crippen LogP contribution is 2.21. The molecule has 2 N–H and O–H groups in total. The second-order valence-electron chi connectivity index (χ2n) is 7.62. The Hall–Kier alpha value is -3.32. The zero-order chi connectivity index (χ0) is 22.9. The van der Waals surface area contributed by atoms with Crippen LogP contribution in [0.2, 0.25) is 0 Å². The molecule has 3 atom stereocenters. The van der Waals surface area contributed by atoms with Crippen LogP contribution >= 0.6 is 11.3 Å². The van der Waals surface area contributed by atoms with E-state index in [0.29, 0.717) is 24.1 Å². The maximum absolute atomic E-state index is 12.2. The smallest absolute Gasteiger partial charge is 0.345 e. The highest BCUT2D eigenvalue weighted by molar-refractivity contribution is 7.14. The van der Waals surface area contributed by atoms with Gasteiger partial charge in [-0.1, -0.05) is 61.0 Å². The molecule has 0 saturated carbocycles. The maximum Gasteiger partial charge on any atom is 0.345 e. The van der Waals surface area contributed by atoms with Crippen LogP contribution in [0.1, 0.15) is 46.3 Å². The Morgan fingerprint density at radius 2 is 2.00 bits per heavy atom. The molecule has 32 heavy (non-hydrogen) atoms. The first kappa shape index (κ1) is 23.3. The van der Waals surface area contributed by atoms with Crippen LogP contribution in [0.25, 0.3) is 0 Å². The van der Waals surface area contributed by atoms with E-state index in [1.807, 2.05) is 43.3 Å². The van der Waals surface area contributed by atoms with Gasteiger partial charge in [-0.05, 0) is 36.6 Å². The predicted octanol–water partition coefficient (Wildman–Crippen LogP) is 3.78. The highest BCUT2D eigenvalue weighted by Gasteiger charge is 2.28. The number of likely N-dealkylation sites (tertiary alicyclic amines) is 1. The zero-order valence-corrected chi connectivity index (χ0v) is 18.6. The summed E-state index contributed by atoms with van der Waals surface area (Å²) in [6, 6.07) is 12.8. The lowest BCUT2D eigenvalue weighted by molar-refractivity contribution is -0.127. The summed E-state index contributed by atoms with van der Waals surface area (Å²) in [4.78, 5) is 25.8. The van der Waals surface area contributed by atoms with E-state index in [2.05, 4.69) is 23.7 Å². The first-order valence-electron chi connectivity index (χ1n) is 10.5. The fourth-order valence-corrected chi connectivity index (χ4v) is 4.00. The Kier molecular flexibility index (Phi) is 8.27. The second kappa shape index (κ2) is 11.3. The van der Waals surface area contributed by atoms with Gasteiger partial charge in [-0.2, -0.15) is 0 Å². The van der Waals surface area contributed by atoms with Crippen molar-refractivity contribution in [3.05, 3.63) is 69.9 Å². The number of aliphatic hydroxyl groups is 1. The maximum atomic E-state index is 12.2. The van der Waals surface area contributed by atoms with E-state index < -0.39 is 12.1 Å². The highest BCUT2D eigenvalue weighted by atomic mass is 32.1. The van der Waals surface area contributed by atoms with Crippen LogP contribution in [0.15, 0.2) is 54.6 Å². The van der Waals surface area contributed by atoms with Crippen molar-refractivity contribution >= 4 is 23.2 Å². The first-order valence-corrected chi connectivity index (χ1v) is 11.3. The quantitative estimate of drug-likeness (QED) is 0.522. The number of amides is 1. The molecule has 1 amide bonds. The van der Waals surface area contributed by atoms with E-state index in [-0.39, 0.29) is 29.3 Å². The summed E-state index contributed by atoms with van der Waals surface area (Å²) in [6.07, 6.45) is 4.69. The third-order valence-electron chi connectivity index (χ3n) is 5.20. The average molecular weight is 448 g/mol. The molecule has 164 valence electrons. The van der Waals surface area contributed by atoms with Gasteiger partial charge in [-0.25, -0.2) is 4.79 Å². The number of rotatable bonds is 6. The lowest BCUT2D eigenvalue weighted by Crippen LogP contribution is -2.32. The minimum atomic E-state index is -0.971. The van der Waals surface area contributed by atoms with Crippen molar-refractivity contribution in [1.82, 2.24) is 4.90 Å². The van der Waals surface area contributed by atoms with E-state index >= 15 is 0 Å². The molecule has 2 heterocycles. The first-order chi connectivity index (χ1) is 15.4. The van der Waals surface area contributed by atoms with Crippen LogP contribution in [0.3, 0.4) is 0 Å². The number of carboxylic acids is 1. The van der Waals surface area contributed by atoms with Gasteiger partial charge in [0.2, 0.25) is 5.91 Å². The molecule has 0 spiro atoms. The average Bonchev–Trinajstić information content (AvgIpc) is 3.40. The number of carboxylic acid groups (broad SMARTS) is 1. The van der Waals surface area contributed by atoms with Crippen molar-refractivity contribution in [2.24, 2.45) is 5.92 Å². The molecule has 5 nitrogen and oxygen atoms in total. The number of hydrogen-bond donors (Lipinski definition) is 2. The SMILES string of the molecule is C[C@@H](CC#Cc1ccccc1)[C@H](O)/C=C/[C@H]1CCC(=O)N1CC#Cc1ccc(C(=O)O)s1. The number of carbonyl (C=O) groups is 2. The van der Waals surface area contributed by atoms with Gasteiger partial charge in [0.05, 0.1) is 23.6 Å². The number of aliphatic hydroxyl groups excluding tert-OH is 1.